The Balaban J connectivity index is 1.25. The molecule has 7 heteroatoms. The molecule has 0 atom stereocenters. The number of nitrogens with two attached hydrogens (primary N) is 1. The summed E-state index contributed by atoms with van der Waals surface area (Å²) in [5.74, 6) is 1.21. The van der Waals surface area contributed by atoms with Crippen molar-refractivity contribution in [3.8, 4) is 0 Å². The lowest BCUT2D eigenvalue weighted by Crippen LogP contribution is -2.70. The standard InChI is InChI=1S/C27H30N6O/c28-13-5-14-29-22-7-3-6-21(18-22)20-33-15-4-10-27(26(33)34)11-16-32(17-12-27)25-19-30-23-8-1-2-9-24(23)31-25/h1-3,5-9,13-14,18-19,28-29H,4,10-12,15-17,20H2/p+1/b14-5-,28-13?. The second-order valence-corrected chi connectivity index (χ2v) is 9.28. The topological polar surface area (TPSA) is 89.8 Å². The molecule has 7 nitrogen and oxygen atoms in total. The van der Waals surface area contributed by atoms with Gasteiger partial charge in [0.1, 0.15) is 11.5 Å². The number of likely N-dealkylation sites (tertiary alicyclic amines) is 1. The normalized spacial score (nSPS) is 18.2. The number of aromatic nitrogens is 2. The highest BCUT2D eigenvalue weighted by atomic mass is 16.2. The van der Waals surface area contributed by atoms with Crippen molar-refractivity contribution in [1.82, 2.24) is 14.9 Å². The Labute approximate surface area is 200 Å². The number of anilines is 1. The van der Waals surface area contributed by atoms with Gasteiger partial charge < -0.3 is 15.2 Å². The van der Waals surface area contributed by atoms with E-state index in [0.717, 1.165) is 73.4 Å². The fraction of sp³-hybridized carbons (Fsp3) is 0.333. The van der Waals surface area contributed by atoms with Gasteiger partial charge >= 0.3 is 0 Å². The molecule has 34 heavy (non-hydrogen) atoms. The Morgan fingerprint density at radius 2 is 1.85 bits per heavy atom. The molecule has 2 aromatic carbocycles. The number of nitrogens with zero attached hydrogens (tertiary/aromatic N) is 4. The average molecular weight is 456 g/mol. The Bertz CT molecular complexity index is 1210. The fourth-order valence-electron chi connectivity index (χ4n) is 5.27. The number of amides is 1. The zero-order chi connectivity index (χ0) is 23.4. The van der Waals surface area contributed by atoms with Crippen LogP contribution in [-0.2, 0) is 11.3 Å². The molecule has 0 aliphatic carbocycles. The first-order valence-electron chi connectivity index (χ1n) is 12.0. The van der Waals surface area contributed by atoms with E-state index in [1.165, 1.54) is 6.21 Å². The molecule has 0 saturated carbocycles. The van der Waals surface area contributed by atoms with Crippen LogP contribution in [0, 0.1) is 10.8 Å². The molecule has 2 saturated heterocycles. The number of rotatable bonds is 6. The lowest BCUT2D eigenvalue weighted by atomic mass is 9.71. The van der Waals surface area contributed by atoms with Crippen LogP contribution in [0.3, 0.4) is 0 Å². The molecule has 1 aromatic heterocycles. The monoisotopic (exact) mass is 455 g/mol. The maximum Gasteiger partial charge on any atom is 0.229 e. The lowest BCUT2D eigenvalue weighted by molar-refractivity contribution is -0.496. The van der Waals surface area contributed by atoms with Crippen molar-refractivity contribution < 1.29 is 10.1 Å². The number of carbonyl (C=O) groups is 1. The van der Waals surface area contributed by atoms with E-state index >= 15 is 0 Å². The minimum Gasteiger partial charge on any atom is -0.355 e. The molecule has 0 radical (unpaired) electrons. The molecule has 174 valence electrons. The summed E-state index contributed by atoms with van der Waals surface area (Å²) in [5.41, 5.74) is 3.79. The van der Waals surface area contributed by atoms with Gasteiger partial charge in [-0.05, 0) is 49.4 Å². The Hall–Kier alpha value is -3.58. The number of fused-ring (bicyclic) bond motifs is 1. The van der Waals surface area contributed by atoms with E-state index in [1.54, 1.807) is 6.08 Å². The summed E-state index contributed by atoms with van der Waals surface area (Å²) >= 11 is 0. The van der Waals surface area contributed by atoms with Gasteiger partial charge in [0.15, 0.2) is 0 Å². The average Bonchev–Trinajstić information content (AvgIpc) is 2.88. The molecule has 1 spiro atoms. The zero-order valence-electron chi connectivity index (χ0n) is 19.4. The summed E-state index contributed by atoms with van der Waals surface area (Å²) in [6, 6.07) is 16.2. The summed E-state index contributed by atoms with van der Waals surface area (Å²) in [4.78, 5) is 27.4. The molecule has 0 bridgehead atoms. The summed E-state index contributed by atoms with van der Waals surface area (Å²) in [6.45, 7) is 3.13. The van der Waals surface area contributed by atoms with Gasteiger partial charge in [0.05, 0.1) is 28.8 Å². The number of carbonyl (C=O) groups excluding carboxylic acids is 1. The van der Waals surface area contributed by atoms with Crippen LogP contribution >= 0.6 is 0 Å². The number of para-hydroxylation sites is 2. The summed E-state index contributed by atoms with van der Waals surface area (Å²) in [5, 5.41) is 9.09. The van der Waals surface area contributed by atoms with Gasteiger partial charge in [0, 0.05) is 44.5 Å². The van der Waals surface area contributed by atoms with Crippen LogP contribution in [0.5, 0.6) is 0 Å². The van der Waals surface area contributed by atoms with Crippen LogP contribution in [0.2, 0.25) is 0 Å². The van der Waals surface area contributed by atoms with Crippen LogP contribution in [0.4, 0.5) is 11.5 Å². The number of piperidine rings is 2. The van der Waals surface area contributed by atoms with Gasteiger partial charge in [-0.2, -0.15) is 0 Å². The smallest absolute Gasteiger partial charge is 0.229 e. The van der Waals surface area contributed by atoms with Crippen LogP contribution < -0.4 is 10.2 Å². The molecule has 3 aromatic rings. The van der Waals surface area contributed by atoms with E-state index in [2.05, 4.69) is 26.9 Å². The first kappa shape index (κ1) is 22.2. The number of hydrogen-bond donors (Lipinski definition) is 2. The summed E-state index contributed by atoms with van der Waals surface area (Å²) < 4.78 is 0. The van der Waals surface area contributed by atoms with Crippen molar-refractivity contribution >= 4 is 34.7 Å². The van der Waals surface area contributed by atoms with E-state index in [-0.39, 0.29) is 5.41 Å². The Morgan fingerprint density at radius 1 is 1.03 bits per heavy atom. The second kappa shape index (κ2) is 9.73. The first-order valence-corrected chi connectivity index (χ1v) is 12.0. The maximum atomic E-state index is 13.7. The summed E-state index contributed by atoms with van der Waals surface area (Å²) in [6.07, 6.45) is 10.4. The van der Waals surface area contributed by atoms with Gasteiger partial charge in [0.2, 0.25) is 5.91 Å². The first-order chi connectivity index (χ1) is 16.7. The molecular formula is C27H31N6O+. The van der Waals surface area contributed by atoms with Gasteiger partial charge in [-0.1, -0.05) is 24.3 Å². The molecule has 2 aliphatic heterocycles. The van der Waals surface area contributed by atoms with Gasteiger partial charge in [-0.25, -0.2) is 4.98 Å². The third kappa shape index (κ3) is 4.56. The van der Waals surface area contributed by atoms with E-state index in [9.17, 15) is 4.79 Å². The quantitative estimate of drug-likeness (QED) is 0.440. The summed E-state index contributed by atoms with van der Waals surface area (Å²) in [7, 11) is 0. The minimum atomic E-state index is -0.255. The van der Waals surface area contributed by atoms with Crippen LogP contribution in [0.1, 0.15) is 31.2 Å². The predicted octanol–water partition coefficient (Wildman–Crippen LogP) is 3.40. The zero-order valence-corrected chi connectivity index (χ0v) is 19.4. The Kier molecular flexibility index (Phi) is 6.36. The van der Waals surface area contributed by atoms with Crippen LogP contribution in [-0.4, -0.2) is 46.6 Å². The second-order valence-electron chi connectivity index (χ2n) is 9.28. The largest absolute Gasteiger partial charge is 0.355 e. The number of allylic oxidation sites excluding steroid dienone is 1. The van der Waals surface area contributed by atoms with E-state index in [4.69, 9.17) is 10.4 Å². The van der Waals surface area contributed by atoms with Crippen molar-refractivity contribution in [1.29, 1.82) is 5.41 Å². The van der Waals surface area contributed by atoms with Gasteiger partial charge in [0.25, 0.3) is 0 Å². The fourth-order valence-corrected chi connectivity index (χ4v) is 5.27. The predicted molar refractivity (Wildman–Crippen MR) is 134 cm³/mol. The van der Waals surface area contributed by atoms with Gasteiger partial charge in [-0.15, -0.1) is 0 Å². The van der Waals surface area contributed by atoms with E-state index < -0.39 is 0 Å². The van der Waals surface area contributed by atoms with Crippen LogP contribution in [0.25, 0.3) is 11.0 Å². The van der Waals surface area contributed by atoms with Crippen molar-refractivity contribution in [2.75, 3.05) is 24.5 Å². The molecule has 0 unspecified atom stereocenters. The van der Waals surface area contributed by atoms with Crippen molar-refractivity contribution in [2.24, 2.45) is 5.41 Å². The van der Waals surface area contributed by atoms with E-state index in [0.29, 0.717) is 12.5 Å². The highest BCUT2D eigenvalue weighted by Crippen LogP contribution is 2.42. The molecule has 2 fully saturated rings. The van der Waals surface area contributed by atoms with E-state index in [1.807, 2.05) is 54.1 Å². The third-order valence-corrected chi connectivity index (χ3v) is 7.13. The lowest BCUT2D eigenvalue weighted by Gasteiger charge is -2.46. The number of benzene rings is 2. The number of hydrogen-bond acceptors (Lipinski definition) is 5. The van der Waals surface area contributed by atoms with Crippen molar-refractivity contribution in [3.05, 3.63) is 72.6 Å². The molecule has 1 amide bonds. The molecule has 3 heterocycles. The van der Waals surface area contributed by atoms with Crippen LogP contribution in [0.15, 0.2) is 67.0 Å². The molecule has 5 rings (SSSR count). The SMILES string of the molecule is N=C/C=C\[NH2+]c1cccc(CN2CCCC3(CCN(c4cnc5ccccc5n4)CC3)C2=O)c1. The molecule has 3 N–H and O–H groups in total. The van der Waals surface area contributed by atoms with Gasteiger partial charge in [-0.3, -0.25) is 15.1 Å². The Morgan fingerprint density at radius 3 is 2.68 bits per heavy atom. The molecular weight excluding hydrogens is 424 g/mol. The third-order valence-electron chi connectivity index (χ3n) is 7.13. The van der Waals surface area contributed by atoms with Crippen molar-refractivity contribution in [3.63, 3.8) is 0 Å². The molecule has 2 aliphatic rings. The number of quaternary nitrogens is 1. The highest BCUT2D eigenvalue weighted by Gasteiger charge is 2.45. The number of nitrogens with one attached hydrogen (secondary N) is 1. The minimum absolute atomic E-state index is 0.255. The van der Waals surface area contributed by atoms with Crippen molar-refractivity contribution in [2.45, 2.75) is 32.2 Å². The maximum absolute atomic E-state index is 13.7. The highest BCUT2D eigenvalue weighted by molar-refractivity contribution is 5.84.